The van der Waals surface area contributed by atoms with Gasteiger partial charge in [0.25, 0.3) is 12.3 Å². The number of anilines is 2. The Labute approximate surface area is 232 Å². The van der Waals surface area contributed by atoms with Crippen LogP contribution in [0.5, 0.6) is 6.01 Å². The Morgan fingerprint density at radius 1 is 1.07 bits per heavy atom. The van der Waals surface area contributed by atoms with Gasteiger partial charge in [-0.15, -0.1) is 5.10 Å². The molecule has 0 saturated carbocycles. The van der Waals surface area contributed by atoms with E-state index in [9.17, 15) is 23.2 Å². The van der Waals surface area contributed by atoms with Gasteiger partial charge in [0.1, 0.15) is 11.5 Å². The fraction of sp³-hybridized carbons (Fsp3) is 0.259. The van der Waals surface area contributed by atoms with Crippen molar-refractivity contribution in [1.82, 2.24) is 29.6 Å². The Kier molecular flexibility index (Phi) is 7.22. The van der Waals surface area contributed by atoms with Crippen LogP contribution in [0.15, 0.2) is 53.5 Å². The van der Waals surface area contributed by atoms with E-state index < -0.39 is 23.8 Å². The van der Waals surface area contributed by atoms with Gasteiger partial charge in [-0.2, -0.15) is 0 Å². The first kappa shape index (κ1) is 27.4. The van der Waals surface area contributed by atoms with Crippen LogP contribution in [0.2, 0.25) is 0 Å². The lowest BCUT2D eigenvalue weighted by Gasteiger charge is -2.22. The van der Waals surface area contributed by atoms with E-state index in [0.29, 0.717) is 33.8 Å². The number of aromatic nitrogens is 5. The van der Waals surface area contributed by atoms with Crippen LogP contribution in [-0.4, -0.2) is 63.5 Å². The zero-order chi connectivity index (χ0) is 29.4. The molecule has 1 saturated heterocycles. The summed E-state index contributed by atoms with van der Waals surface area (Å²) in [6, 6.07) is 10.6. The number of rotatable bonds is 7. The molecule has 1 aromatic carbocycles. The fourth-order valence-corrected chi connectivity index (χ4v) is 4.66. The lowest BCUT2D eigenvalue weighted by atomic mass is 10.0. The molecule has 0 bridgehead atoms. The standard InChI is InChI=1S/C27H26F2N8O4/c1-15-19(20-9-8-18(14-31-20)37-25(41-4)33-34(3)26(37)39)13-21(22(28)29)32-23(15)36-11-10-35(27(36)40)17-7-5-6-16(12-17)24(38)30-2/h5-9,12-14,22H,10-11H2,1-4H3,(H,30,38). The average molecular weight is 565 g/mol. The number of benzene rings is 1. The number of halogens is 2. The van der Waals surface area contributed by atoms with Gasteiger partial charge in [-0.25, -0.2) is 32.6 Å². The van der Waals surface area contributed by atoms with E-state index in [2.05, 4.69) is 20.4 Å². The van der Waals surface area contributed by atoms with Gasteiger partial charge in [-0.3, -0.25) is 19.6 Å². The molecule has 41 heavy (non-hydrogen) atoms. The van der Waals surface area contributed by atoms with Gasteiger partial charge in [0, 0.05) is 49.6 Å². The van der Waals surface area contributed by atoms with Gasteiger partial charge >= 0.3 is 17.7 Å². The Morgan fingerprint density at radius 3 is 2.49 bits per heavy atom. The van der Waals surface area contributed by atoms with Gasteiger partial charge in [0.05, 0.1) is 24.7 Å². The lowest BCUT2D eigenvalue weighted by molar-refractivity contribution is 0.0963. The molecular formula is C27H26F2N8O4. The largest absolute Gasteiger partial charge is 0.467 e. The quantitative estimate of drug-likeness (QED) is 0.365. The number of hydrogen-bond donors (Lipinski definition) is 1. The third kappa shape index (κ3) is 4.88. The van der Waals surface area contributed by atoms with Crippen LogP contribution in [0.3, 0.4) is 0 Å². The van der Waals surface area contributed by atoms with E-state index >= 15 is 0 Å². The van der Waals surface area contributed by atoms with E-state index in [1.54, 1.807) is 43.3 Å². The first-order chi connectivity index (χ1) is 19.6. The molecule has 1 aliphatic rings. The Morgan fingerprint density at radius 2 is 1.83 bits per heavy atom. The number of carbonyl (C=O) groups excluding carboxylic acids is 2. The number of methoxy groups -OCH3 is 1. The minimum Gasteiger partial charge on any atom is -0.467 e. The third-order valence-corrected chi connectivity index (χ3v) is 6.76. The number of carbonyl (C=O) groups is 2. The lowest BCUT2D eigenvalue weighted by Crippen LogP contribution is -2.33. The number of hydrogen-bond acceptors (Lipinski definition) is 7. The Hall–Kier alpha value is -5.14. The minimum atomic E-state index is -2.90. The number of urea groups is 1. The zero-order valence-electron chi connectivity index (χ0n) is 22.6. The van der Waals surface area contributed by atoms with Gasteiger partial charge in [-0.05, 0) is 43.3 Å². The van der Waals surface area contributed by atoms with Gasteiger partial charge in [-0.1, -0.05) is 6.07 Å². The smallest absolute Gasteiger partial charge is 0.353 e. The summed E-state index contributed by atoms with van der Waals surface area (Å²) in [5.74, 6) is -0.212. The molecule has 0 aliphatic carbocycles. The second-order valence-corrected chi connectivity index (χ2v) is 9.19. The van der Waals surface area contributed by atoms with Crippen LogP contribution in [0, 0.1) is 6.92 Å². The number of nitrogens with one attached hydrogen (secondary N) is 1. The second kappa shape index (κ2) is 10.8. The number of amides is 3. The molecule has 1 aliphatic heterocycles. The highest BCUT2D eigenvalue weighted by atomic mass is 19.3. The summed E-state index contributed by atoms with van der Waals surface area (Å²) in [7, 11) is 4.38. The predicted octanol–water partition coefficient (Wildman–Crippen LogP) is 3.09. The maximum Gasteiger partial charge on any atom is 0.353 e. The van der Waals surface area contributed by atoms with E-state index in [1.807, 2.05) is 0 Å². The molecule has 4 heterocycles. The SMILES string of the molecule is CNC(=O)c1cccc(N2CCN(c3nc(C(F)F)cc(-c4ccc(-n5c(OC)nn(C)c5=O)cn4)c3C)C2=O)c1. The Bertz CT molecular complexity index is 1700. The molecular weight excluding hydrogens is 538 g/mol. The van der Waals surface area contributed by atoms with Crippen molar-refractivity contribution in [3.63, 3.8) is 0 Å². The van der Waals surface area contributed by atoms with Crippen molar-refractivity contribution in [3.8, 4) is 23.0 Å². The van der Waals surface area contributed by atoms with Crippen LogP contribution in [0.25, 0.3) is 16.9 Å². The summed E-state index contributed by atoms with van der Waals surface area (Å²) in [5.41, 5.74) is 1.47. The van der Waals surface area contributed by atoms with E-state index in [4.69, 9.17) is 4.74 Å². The summed E-state index contributed by atoms with van der Waals surface area (Å²) in [6.45, 7) is 2.14. The molecule has 5 rings (SSSR count). The van der Waals surface area contributed by atoms with Crippen molar-refractivity contribution < 1.29 is 23.1 Å². The highest BCUT2D eigenvalue weighted by Gasteiger charge is 2.34. The summed E-state index contributed by atoms with van der Waals surface area (Å²) in [6.07, 6.45) is -1.49. The molecule has 3 amide bonds. The van der Waals surface area contributed by atoms with E-state index in [1.165, 1.54) is 47.8 Å². The Balaban J connectivity index is 1.51. The summed E-state index contributed by atoms with van der Waals surface area (Å²) in [5, 5.41) is 6.55. The topological polar surface area (TPSA) is 127 Å². The van der Waals surface area contributed by atoms with Crippen molar-refractivity contribution in [2.24, 2.45) is 7.05 Å². The number of alkyl halides is 2. The first-order valence-electron chi connectivity index (χ1n) is 12.5. The molecule has 4 aromatic rings. The van der Waals surface area contributed by atoms with Crippen LogP contribution in [-0.2, 0) is 7.05 Å². The number of pyridine rings is 2. The maximum atomic E-state index is 14.0. The minimum absolute atomic E-state index is 0.0624. The highest BCUT2D eigenvalue weighted by Crippen LogP contribution is 2.35. The van der Waals surface area contributed by atoms with Crippen molar-refractivity contribution in [3.05, 3.63) is 76.0 Å². The normalized spacial score (nSPS) is 13.3. The van der Waals surface area contributed by atoms with Gasteiger partial charge < -0.3 is 10.1 Å². The molecule has 12 nitrogen and oxygen atoms in total. The van der Waals surface area contributed by atoms with Crippen molar-refractivity contribution >= 4 is 23.4 Å². The van der Waals surface area contributed by atoms with Crippen LogP contribution in [0.1, 0.15) is 28.0 Å². The number of ether oxygens (including phenoxy) is 1. The molecule has 14 heteroatoms. The monoisotopic (exact) mass is 564 g/mol. The van der Waals surface area contributed by atoms with Crippen LogP contribution < -0.4 is 25.5 Å². The van der Waals surface area contributed by atoms with Crippen LogP contribution in [0.4, 0.5) is 25.1 Å². The van der Waals surface area contributed by atoms with Crippen molar-refractivity contribution in [2.45, 2.75) is 13.3 Å². The molecule has 0 atom stereocenters. The molecule has 0 radical (unpaired) electrons. The fourth-order valence-electron chi connectivity index (χ4n) is 4.66. The van der Waals surface area contributed by atoms with E-state index in [0.717, 1.165) is 4.68 Å². The van der Waals surface area contributed by atoms with Crippen molar-refractivity contribution in [2.75, 3.05) is 37.0 Å². The summed E-state index contributed by atoms with van der Waals surface area (Å²) >= 11 is 0. The third-order valence-electron chi connectivity index (χ3n) is 6.76. The number of aryl methyl sites for hydroxylation is 1. The van der Waals surface area contributed by atoms with E-state index in [-0.39, 0.29) is 30.8 Å². The van der Waals surface area contributed by atoms with Gasteiger partial charge in [0.15, 0.2) is 0 Å². The van der Waals surface area contributed by atoms with Crippen LogP contribution >= 0.6 is 0 Å². The molecule has 0 unspecified atom stereocenters. The second-order valence-electron chi connectivity index (χ2n) is 9.19. The molecule has 1 fully saturated rings. The van der Waals surface area contributed by atoms with Gasteiger partial charge in [0.2, 0.25) is 0 Å². The molecule has 212 valence electrons. The predicted molar refractivity (Wildman–Crippen MR) is 146 cm³/mol. The summed E-state index contributed by atoms with van der Waals surface area (Å²) < 4.78 is 35.5. The highest BCUT2D eigenvalue weighted by molar-refractivity contribution is 6.07. The summed E-state index contributed by atoms with van der Waals surface area (Å²) in [4.78, 5) is 49.4. The molecule has 0 spiro atoms. The zero-order valence-corrected chi connectivity index (χ0v) is 22.6. The number of nitrogens with zero attached hydrogens (tertiary/aromatic N) is 7. The first-order valence-corrected chi connectivity index (χ1v) is 12.5. The van der Waals surface area contributed by atoms with Crippen molar-refractivity contribution in [1.29, 1.82) is 0 Å². The molecule has 3 aromatic heterocycles. The molecule has 1 N–H and O–H groups in total. The average Bonchev–Trinajstić information content (AvgIpc) is 3.50. The maximum absolute atomic E-state index is 14.0.